The van der Waals surface area contributed by atoms with Crippen LogP contribution < -0.4 is 10.6 Å². The number of carbonyl (C=O) groups is 1. The third-order valence-electron chi connectivity index (χ3n) is 4.15. The minimum Gasteiger partial charge on any atom is -0.353 e. The molecule has 2 aliphatic rings. The van der Waals surface area contributed by atoms with Gasteiger partial charge in [0.2, 0.25) is 5.91 Å². The molecule has 2 unspecified atom stereocenters. The predicted octanol–water partition coefficient (Wildman–Crippen LogP) is 0.442. The second kappa shape index (κ2) is 5.83. The molecule has 2 fully saturated rings. The number of hydrogen-bond donors (Lipinski definition) is 2. The van der Waals surface area contributed by atoms with Crippen molar-refractivity contribution >= 4 is 5.91 Å². The van der Waals surface area contributed by atoms with Crippen LogP contribution in [-0.4, -0.2) is 50.1 Å². The molecule has 2 N–H and O–H groups in total. The summed E-state index contributed by atoms with van der Waals surface area (Å²) in [5.41, 5.74) is 0. The Labute approximate surface area is 104 Å². The van der Waals surface area contributed by atoms with Crippen molar-refractivity contribution in [2.75, 3.05) is 33.2 Å². The number of nitrogens with one attached hydrogen (secondary N) is 2. The lowest BCUT2D eigenvalue weighted by atomic mass is 9.92. The minimum absolute atomic E-state index is 0.239. The number of likely N-dealkylation sites (tertiary alicyclic amines) is 1. The zero-order valence-electron chi connectivity index (χ0n) is 11.0. The van der Waals surface area contributed by atoms with Crippen LogP contribution in [0.3, 0.4) is 0 Å². The fraction of sp³-hybridized carbons (Fsp3) is 0.923. The van der Waals surface area contributed by atoms with Gasteiger partial charge in [-0.15, -0.1) is 0 Å². The third kappa shape index (κ3) is 3.42. The molecule has 17 heavy (non-hydrogen) atoms. The van der Waals surface area contributed by atoms with Gasteiger partial charge in [-0.1, -0.05) is 6.92 Å². The van der Waals surface area contributed by atoms with Crippen molar-refractivity contribution in [3.63, 3.8) is 0 Å². The number of hydrogen-bond acceptors (Lipinski definition) is 3. The first-order valence-electron chi connectivity index (χ1n) is 6.86. The van der Waals surface area contributed by atoms with Crippen molar-refractivity contribution in [2.24, 2.45) is 11.8 Å². The minimum atomic E-state index is 0.239. The van der Waals surface area contributed by atoms with Crippen LogP contribution in [0.5, 0.6) is 0 Å². The standard InChI is InChI=1S/C13H25N3O/c1-10-9-16(2)8-5-12(10)15-13(17)11-3-6-14-7-4-11/h10-12,14H,3-9H2,1-2H3,(H,15,17). The summed E-state index contributed by atoms with van der Waals surface area (Å²) in [6.45, 7) is 6.41. The molecule has 0 aliphatic carbocycles. The maximum absolute atomic E-state index is 12.1. The van der Waals surface area contributed by atoms with Gasteiger partial charge in [0.1, 0.15) is 0 Å². The van der Waals surface area contributed by atoms with Gasteiger partial charge >= 0.3 is 0 Å². The number of rotatable bonds is 2. The van der Waals surface area contributed by atoms with Gasteiger partial charge in [-0.2, -0.15) is 0 Å². The van der Waals surface area contributed by atoms with Crippen LogP contribution in [0, 0.1) is 11.8 Å². The molecular weight excluding hydrogens is 214 g/mol. The fourth-order valence-electron chi connectivity index (χ4n) is 2.95. The Morgan fingerprint density at radius 2 is 2.00 bits per heavy atom. The summed E-state index contributed by atoms with van der Waals surface area (Å²) in [7, 11) is 2.15. The first-order chi connectivity index (χ1) is 8.16. The van der Waals surface area contributed by atoms with E-state index in [1.165, 1.54) is 0 Å². The molecule has 2 rings (SSSR count). The van der Waals surface area contributed by atoms with Crippen LogP contribution in [-0.2, 0) is 4.79 Å². The molecule has 0 radical (unpaired) electrons. The lowest BCUT2D eigenvalue weighted by Crippen LogP contribution is -2.51. The van der Waals surface area contributed by atoms with Gasteiger partial charge in [0, 0.05) is 18.5 Å². The molecule has 2 aliphatic heterocycles. The largest absolute Gasteiger partial charge is 0.353 e. The summed E-state index contributed by atoms with van der Waals surface area (Å²) in [6.07, 6.45) is 3.08. The first-order valence-corrected chi connectivity index (χ1v) is 6.86. The van der Waals surface area contributed by atoms with Gasteiger partial charge in [-0.25, -0.2) is 0 Å². The van der Waals surface area contributed by atoms with Crippen molar-refractivity contribution in [2.45, 2.75) is 32.2 Å². The zero-order valence-corrected chi connectivity index (χ0v) is 11.0. The van der Waals surface area contributed by atoms with Crippen molar-refractivity contribution in [3.05, 3.63) is 0 Å². The Balaban J connectivity index is 1.81. The smallest absolute Gasteiger partial charge is 0.223 e. The average Bonchev–Trinajstić information content (AvgIpc) is 2.34. The Kier molecular flexibility index (Phi) is 4.40. The fourth-order valence-corrected chi connectivity index (χ4v) is 2.95. The molecule has 0 bridgehead atoms. The Morgan fingerprint density at radius 1 is 1.29 bits per heavy atom. The van der Waals surface area contributed by atoms with Crippen LogP contribution in [0.4, 0.5) is 0 Å². The van der Waals surface area contributed by atoms with Gasteiger partial charge in [0.05, 0.1) is 0 Å². The summed E-state index contributed by atoms with van der Waals surface area (Å²) < 4.78 is 0. The van der Waals surface area contributed by atoms with E-state index in [1.807, 2.05) is 0 Å². The Hall–Kier alpha value is -0.610. The summed E-state index contributed by atoms with van der Waals surface area (Å²) in [4.78, 5) is 14.5. The van der Waals surface area contributed by atoms with Gasteiger partial charge in [0.25, 0.3) is 0 Å². The van der Waals surface area contributed by atoms with E-state index in [4.69, 9.17) is 0 Å². The molecule has 2 heterocycles. The summed E-state index contributed by atoms with van der Waals surface area (Å²) >= 11 is 0. The first kappa shape index (κ1) is 12.8. The number of carbonyl (C=O) groups excluding carboxylic acids is 1. The van der Waals surface area contributed by atoms with E-state index in [0.717, 1.165) is 45.4 Å². The van der Waals surface area contributed by atoms with E-state index < -0.39 is 0 Å². The second-order valence-electron chi connectivity index (χ2n) is 5.67. The highest BCUT2D eigenvalue weighted by molar-refractivity contribution is 5.79. The molecule has 2 atom stereocenters. The Bertz CT molecular complexity index is 263. The van der Waals surface area contributed by atoms with Crippen LogP contribution in [0.2, 0.25) is 0 Å². The summed E-state index contributed by atoms with van der Waals surface area (Å²) in [6, 6.07) is 0.383. The van der Waals surface area contributed by atoms with E-state index in [-0.39, 0.29) is 11.8 Å². The normalized spacial score (nSPS) is 32.4. The monoisotopic (exact) mass is 239 g/mol. The third-order valence-corrected chi connectivity index (χ3v) is 4.15. The molecule has 2 saturated heterocycles. The molecule has 0 spiro atoms. The second-order valence-corrected chi connectivity index (χ2v) is 5.67. The number of piperidine rings is 2. The molecule has 0 aromatic carbocycles. The van der Waals surface area contributed by atoms with Gasteiger partial charge in [-0.05, 0) is 51.9 Å². The Morgan fingerprint density at radius 3 is 2.65 bits per heavy atom. The number of amides is 1. The van der Waals surface area contributed by atoms with Crippen LogP contribution >= 0.6 is 0 Å². The quantitative estimate of drug-likeness (QED) is 0.735. The SMILES string of the molecule is CC1CN(C)CCC1NC(=O)C1CCNCC1. The molecule has 1 amide bonds. The van der Waals surface area contributed by atoms with Crippen LogP contribution in [0.15, 0.2) is 0 Å². The molecule has 0 saturated carbocycles. The van der Waals surface area contributed by atoms with Gasteiger partial charge in [0.15, 0.2) is 0 Å². The topological polar surface area (TPSA) is 44.4 Å². The zero-order chi connectivity index (χ0) is 12.3. The lowest BCUT2D eigenvalue weighted by molar-refractivity contribution is -0.127. The highest BCUT2D eigenvalue weighted by Gasteiger charge is 2.28. The van der Waals surface area contributed by atoms with Crippen molar-refractivity contribution < 1.29 is 4.79 Å². The van der Waals surface area contributed by atoms with Gasteiger partial charge in [-0.3, -0.25) is 4.79 Å². The van der Waals surface area contributed by atoms with E-state index in [2.05, 4.69) is 29.5 Å². The molecule has 0 aromatic rings. The van der Waals surface area contributed by atoms with E-state index >= 15 is 0 Å². The maximum Gasteiger partial charge on any atom is 0.223 e. The summed E-state index contributed by atoms with van der Waals surface area (Å²) in [5.74, 6) is 1.09. The average molecular weight is 239 g/mol. The molecule has 4 nitrogen and oxygen atoms in total. The van der Waals surface area contributed by atoms with Crippen molar-refractivity contribution in [1.29, 1.82) is 0 Å². The highest BCUT2D eigenvalue weighted by Crippen LogP contribution is 2.18. The van der Waals surface area contributed by atoms with E-state index in [1.54, 1.807) is 0 Å². The maximum atomic E-state index is 12.1. The van der Waals surface area contributed by atoms with E-state index in [9.17, 15) is 4.79 Å². The number of nitrogens with zero attached hydrogens (tertiary/aromatic N) is 1. The van der Waals surface area contributed by atoms with Gasteiger partial charge < -0.3 is 15.5 Å². The lowest BCUT2D eigenvalue weighted by Gasteiger charge is -2.36. The van der Waals surface area contributed by atoms with E-state index in [0.29, 0.717) is 12.0 Å². The molecular formula is C13H25N3O. The highest BCUT2D eigenvalue weighted by atomic mass is 16.1. The predicted molar refractivity (Wildman–Crippen MR) is 68.8 cm³/mol. The van der Waals surface area contributed by atoms with Crippen LogP contribution in [0.25, 0.3) is 0 Å². The molecule has 98 valence electrons. The summed E-state index contributed by atoms with van der Waals surface area (Å²) in [5, 5.41) is 6.57. The molecule has 0 aromatic heterocycles. The van der Waals surface area contributed by atoms with Crippen molar-refractivity contribution in [1.82, 2.24) is 15.5 Å². The molecule has 4 heteroatoms. The van der Waals surface area contributed by atoms with Crippen LogP contribution in [0.1, 0.15) is 26.2 Å². The van der Waals surface area contributed by atoms with Crippen molar-refractivity contribution in [3.8, 4) is 0 Å².